The first-order valence-corrected chi connectivity index (χ1v) is 7.50. The molecule has 134 valence electrons. The molecule has 0 saturated carbocycles. The van der Waals surface area contributed by atoms with E-state index in [0.29, 0.717) is 12.1 Å². The van der Waals surface area contributed by atoms with Crippen molar-refractivity contribution < 1.29 is 23.0 Å². The van der Waals surface area contributed by atoms with Gasteiger partial charge >= 0.3 is 12.6 Å². The van der Waals surface area contributed by atoms with Crippen molar-refractivity contribution in [1.82, 2.24) is 15.2 Å². The monoisotopic (exact) mass is 351 g/mol. The van der Waals surface area contributed by atoms with Crippen molar-refractivity contribution in [2.24, 2.45) is 0 Å². The van der Waals surface area contributed by atoms with Crippen molar-refractivity contribution in [3.05, 3.63) is 53.9 Å². The summed E-state index contributed by atoms with van der Waals surface area (Å²) >= 11 is 0. The molecule has 6 nitrogen and oxygen atoms in total. The summed E-state index contributed by atoms with van der Waals surface area (Å²) in [4.78, 5) is 17.7. The molecule has 2 rings (SSSR count). The fourth-order valence-corrected chi connectivity index (χ4v) is 2.14. The Morgan fingerprint density at radius 2 is 2.08 bits per heavy atom. The summed E-state index contributed by atoms with van der Waals surface area (Å²) in [6, 6.07) is 9.73. The fraction of sp³-hybridized carbons (Fsp3) is 0.294. The number of pyridine rings is 1. The van der Waals surface area contributed by atoms with Crippen molar-refractivity contribution in [3.63, 3.8) is 0 Å². The van der Waals surface area contributed by atoms with Crippen LogP contribution in [0.4, 0.5) is 13.6 Å². The van der Waals surface area contributed by atoms with E-state index in [-0.39, 0.29) is 24.1 Å². The van der Waals surface area contributed by atoms with E-state index in [1.807, 2.05) is 12.1 Å². The minimum absolute atomic E-state index is 0.0777. The van der Waals surface area contributed by atoms with E-state index in [1.54, 1.807) is 25.4 Å². The Balaban J connectivity index is 1.94. The maximum atomic E-state index is 12.4. The highest BCUT2D eigenvalue weighted by molar-refractivity contribution is 5.73. The van der Waals surface area contributed by atoms with Gasteiger partial charge in [-0.05, 0) is 29.8 Å². The number of halogens is 2. The Morgan fingerprint density at radius 1 is 1.28 bits per heavy atom. The number of urea groups is 1. The quantitative estimate of drug-likeness (QED) is 0.833. The van der Waals surface area contributed by atoms with Gasteiger partial charge in [0.25, 0.3) is 0 Å². The Kier molecular flexibility index (Phi) is 6.50. The number of ether oxygens (including phenoxy) is 2. The lowest BCUT2D eigenvalue weighted by molar-refractivity contribution is -0.0512. The zero-order chi connectivity index (χ0) is 18.2. The van der Waals surface area contributed by atoms with Crippen LogP contribution < -0.4 is 14.8 Å². The van der Waals surface area contributed by atoms with Crippen LogP contribution in [0.2, 0.25) is 0 Å². The average Bonchev–Trinajstić information content (AvgIpc) is 2.60. The first-order valence-electron chi connectivity index (χ1n) is 7.50. The number of rotatable bonds is 7. The van der Waals surface area contributed by atoms with E-state index in [1.165, 1.54) is 24.1 Å². The Bertz CT molecular complexity index is 699. The average molecular weight is 351 g/mol. The van der Waals surface area contributed by atoms with Crippen molar-refractivity contribution >= 4 is 6.03 Å². The fourth-order valence-electron chi connectivity index (χ4n) is 2.14. The molecule has 25 heavy (non-hydrogen) atoms. The Labute approximate surface area is 144 Å². The molecule has 8 heteroatoms. The molecule has 0 saturated heterocycles. The topological polar surface area (TPSA) is 63.7 Å². The van der Waals surface area contributed by atoms with Crippen LogP contribution in [0.5, 0.6) is 11.5 Å². The normalized spacial score (nSPS) is 10.4. The summed E-state index contributed by atoms with van der Waals surface area (Å²) in [6.07, 6.45) is 1.66. The van der Waals surface area contributed by atoms with E-state index < -0.39 is 6.61 Å². The maximum absolute atomic E-state index is 12.4. The largest absolute Gasteiger partial charge is 0.493 e. The molecule has 2 amide bonds. The van der Waals surface area contributed by atoms with Gasteiger partial charge in [0.1, 0.15) is 0 Å². The highest BCUT2D eigenvalue weighted by atomic mass is 19.3. The molecule has 1 heterocycles. The van der Waals surface area contributed by atoms with Crippen LogP contribution in [0, 0.1) is 0 Å². The second-order valence-corrected chi connectivity index (χ2v) is 5.20. The lowest BCUT2D eigenvalue weighted by Gasteiger charge is -2.18. The predicted molar refractivity (Wildman–Crippen MR) is 87.6 cm³/mol. The third kappa shape index (κ3) is 5.59. The number of nitrogens with one attached hydrogen (secondary N) is 1. The zero-order valence-corrected chi connectivity index (χ0v) is 13.9. The third-order valence-electron chi connectivity index (χ3n) is 3.36. The van der Waals surface area contributed by atoms with Gasteiger partial charge in [0.05, 0.1) is 19.3 Å². The molecule has 0 atom stereocenters. The first-order chi connectivity index (χ1) is 12.0. The van der Waals surface area contributed by atoms with Crippen LogP contribution in [0.25, 0.3) is 0 Å². The number of carbonyl (C=O) groups excluding carboxylic acids is 1. The van der Waals surface area contributed by atoms with Gasteiger partial charge < -0.3 is 19.7 Å². The SMILES string of the molecule is COc1ccc(CNC(=O)N(C)Cc2ccccn2)cc1OC(F)F. The maximum Gasteiger partial charge on any atom is 0.387 e. The molecule has 0 aliphatic rings. The second-order valence-electron chi connectivity index (χ2n) is 5.20. The number of benzene rings is 1. The Hall–Kier alpha value is -2.90. The van der Waals surface area contributed by atoms with Crippen LogP contribution >= 0.6 is 0 Å². The van der Waals surface area contributed by atoms with Gasteiger partial charge in [-0.15, -0.1) is 0 Å². The van der Waals surface area contributed by atoms with Gasteiger partial charge in [-0.25, -0.2) is 4.79 Å². The molecule has 0 fully saturated rings. The van der Waals surface area contributed by atoms with Gasteiger partial charge in [-0.3, -0.25) is 4.98 Å². The number of alkyl halides is 2. The van der Waals surface area contributed by atoms with Crippen LogP contribution in [0.1, 0.15) is 11.3 Å². The highest BCUT2D eigenvalue weighted by Gasteiger charge is 2.13. The molecule has 0 unspecified atom stereocenters. The van der Waals surface area contributed by atoms with Crippen molar-refractivity contribution in [1.29, 1.82) is 0 Å². The van der Waals surface area contributed by atoms with Crippen LogP contribution in [0.15, 0.2) is 42.6 Å². The van der Waals surface area contributed by atoms with Crippen molar-refractivity contribution in [2.75, 3.05) is 14.2 Å². The molecule has 1 N–H and O–H groups in total. The molecule has 2 aromatic rings. The number of aromatic nitrogens is 1. The molecule has 1 aromatic carbocycles. The molecular formula is C17H19F2N3O3. The first kappa shape index (κ1) is 18.4. The van der Waals surface area contributed by atoms with Gasteiger partial charge in [0.15, 0.2) is 11.5 Å². The summed E-state index contributed by atoms with van der Waals surface area (Å²) in [7, 11) is 3.01. The standard InChI is InChI=1S/C17H19F2N3O3/c1-22(11-13-5-3-4-8-20-13)17(23)21-10-12-6-7-14(24-2)15(9-12)25-16(18)19/h3-9,16H,10-11H2,1-2H3,(H,21,23). The van der Waals surface area contributed by atoms with Crippen LogP contribution in [-0.4, -0.2) is 36.7 Å². The molecule has 0 bridgehead atoms. The van der Waals surface area contributed by atoms with Gasteiger partial charge in [-0.2, -0.15) is 8.78 Å². The van der Waals surface area contributed by atoms with E-state index in [0.717, 1.165) is 5.69 Å². The van der Waals surface area contributed by atoms with Crippen molar-refractivity contribution in [3.8, 4) is 11.5 Å². The smallest absolute Gasteiger partial charge is 0.387 e. The van der Waals surface area contributed by atoms with Crippen LogP contribution in [-0.2, 0) is 13.1 Å². The van der Waals surface area contributed by atoms with E-state index in [2.05, 4.69) is 15.0 Å². The number of nitrogens with zero attached hydrogens (tertiary/aromatic N) is 2. The van der Waals surface area contributed by atoms with E-state index in [9.17, 15) is 13.6 Å². The highest BCUT2D eigenvalue weighted by Crippen LogP contribution is 2.29. The summed E-state index contributed by atoms with van der Waals surface area (Å²) in [6.45, 7) is -2.44. The summed E-state index contributed by atoms with van der Waals surface area (Å²) in [5, 5.41) is 2.71. The lowest BCUT2D eigenvalue weighted by Crippen LogP contribution is -2.36. The zero-order valence-electron chi connectivity index (χ0n) is 13.9. The number of methoxy groups -OCH3 is 1. The van der Waals surface area contributed by atoms with E-state index in [4.69, 9.17) is 4.74 Å². The number of carbonyl (C=O) groups is 1. The predicted octanol–water partition coefficient (Wildman–Crippen LogP) is 3.03. The molecule has 0 radical (unpaired) electrons. The molecule has 0 aliphatic heterocycles. The number of hydrogen-bond acceptors (Lipinski definition) is 4. The molecule has 0 spiro atoms. The minimum atomic E-state index is -2.96. The second kappa shape index (κ2) is 8.81. The van der Waals surface area contributed by atoms with E-state index >= 15 is 0 Å². The molecule has 0 aliphatic carbocycles. The van der Waals surface area contributed by atoms with Gasteiger partial charge in [0.2, 0.25) is 0 Å². The third-order valence-corrected chi connectivity index (χ3v) is 3.36. The number of amides is 2. The lowest BCUT2D eigenvalue weighted by atomic mass is 10.2. The van der Waals surface area contributed by atoms with Gasteiger partial charge in [-0.1, -0.05) is 12.1 Å². The van der Waals surface area contributed by atoms with Gasteiger partial charge in [0, 0.05) is 19.8 Å². The summed E-state index contributed by atoms with van der Waals surface area (Å²) in [5.41, 5.74) is 1.37. The summed E-state index contributed by atoms with van der Waals surface area (Å²) in [5.74, 6) is 0.119. The molecular weight excluding hydrogens is 332 g/mol. The van der Waals surface area contributed by atoms with Crippen molar-refractivity contribution in [2.45, 2.75) is 19.7 Å². The number of hydrogen-bond donors (Lipinski definition) is 1. The summed E-state index contributed by atoms with van der Waals surface area (Å²) < 4.78 is 34.3. The van der Waals surface area contributed by atoms with Crippen LogP contribution in [0.3, 0.4) is 0 Å². The molecule has 1 aromatic heterocycles. The Morgan fingerprint density at radius 3 is 2.72 bits per heavy atom. The minimum Gasteiger partial charge on any atom is -0.493 e.